The van der Waals surface area contributed by atoms with Crippen LogP contribution in [0.25, 0.3) is 0 Å². The normalized spacial score (nSPS) is 5.80. The topological polar surface area (TPSA) is 97.1 Å². The minimum absolute atomic E-state index is 0. The molecule has 0 aromatic rings. The second-order valence-electron chi connectivity index (χ2n) is 1.58. The number of rotatable bonds is 2. The summed E-state index contributed by atoms with van der Waals surface area (Å²) in [5, 5.41) is 0. The van der Waals surface area contributed by atoms with Crippen LogP contribution in [0.3, 0.4) is 0 Å². The first-order valence-corrected chi connectivity index (χ1v) is 2.12. The van der Waals surface area contributed by atoms with Gasteiger partial charge in [0, 0.05) is 0 Å². The Labute approximate surface area is 75.8 Å². The molecule has 0 unspecified atom stereocenters. The van der Waals surface area contributed by atoms with E-state index in [1.165, 1.54) is 13.8 Å². The largest absolute Gasteiger partial charge is 0.412 e. The Morgan fingerprint density at radius 1 is 1.00 bits per heavy atom. The van der Waals surface area contributed by atoms with Crippen LogP contribution in [0, 0.1) is 0 Å². The Morgan fingerprint density at radius 3 is 1.20 bits per heavy atom. The highest BCUT2D eigenvalue weighted by atomic mass is 24.3. The van der Waals surface area contributed by atoms with E-state index in [4.69, 9.17) is 0 Å². The van der Waals surface area contributed by atoms with Crippen molar-refractivity contribution < 1.29 is 20.5 Å². The summed E-state index contributed by atoms with van der Waals surface area (Å²) in [6, 6.07) is 0. The maximum Gasteiger partial charge on any atom is 0.316 e. The summed E-state index contributed by atoms with van der Waals surface area (Å²) in [4.78, 5) is 20.1. The summed E-state index contributed by atoms with van der Waals surface area (Å²) < 4.78 is 0. The van der Waals surface area contributed by atoms with Gasteiger partial charge in [0.05, 0.1) is 6.42 Å². The molecule has 60 valence electrons. The molecule has 0 fully saturated rings. The Kier molecular flexibility index (Phi) is 26.5. The van der Waals surface area contributed by atoms with E-state index in [0.717, 1.165) is 0 Å². The van der Waals surface area contributed by atoms with Gasteiger partial charge in [0.15, 0.2) is 0 Å². The Hall–Kier alpha value is 0.0262. The molecule has 4 nitrogen and oxygen atoms in total. The van der Waals surface area contributed by atoms with Crippen molar-refractivity contribution >= 4 is 34.6 Å². The lowest BCUT2D eigenvalue weighted by Gasteiger charge is -1.81. The molecule has 0 radical (unpaired) electrons. The molecule has 0 amide bonds. The van der Waals surface area contributed by atoms with Gasteiger partial charge >= 0.3 is 23.1 Å². The zero-order chi connectivity index (χ0) is 5.86. The van der Waals surface area contributed by atoms with Crippen LogP contribution in [0.2, 0.25) is 0 Å². The fourth-order valence-corrected chi connectivity index (χ4v) is 0.351. The van der Waals surface area contributed by atoms with Gasteiger partial charge < -0.3 is 11.0 Å². The molecule has 0 aliphatic carbocycles. The van der Waals surface area contributed by atoms with Crippen molar-refractivity contribution in [3.63, 3.8) is 0 Å². The van der Waals surface area contributed by atoms with Gasteiger partial charge in [-0.2, -0.15) is 0 Å². The highest BCUT2D eigenvalue weighted by Crippen LogP contribution is 1.80. The van der Waals surface area contributed by atoms with E-state index >= 15 is 0 Å². The van der Waals surface area contributed by atoms with Crippen molar-refractivity contribution in [2.24, 2.45) is 0 Å². The standard InChI is InChI=1S/C5H8O2.Mg.2H2O.2H/c1-4(6)3-5(2)7;;;;;/h3H2,1-2H3;;2*1H2;;. The van der Waals surface area contributed by atoms with Crippen LogP contribution >= 0.6 is 0 Å². The molecule has 5 heteroatoms. The summed E-state index contributed by atoms with van der Waals surface area (Å²) in [7, 11) is 0. The van der Waals surface area contributed by atoms with E-state index < -0.39 is 0 Å². The quantitative estimate of drug-likeness (QED) is 0.346. The lowest BCUT2D eigenvalue weighted by Crippen LogP contribution is -1.97. The number of hydrogen-bond donors (Lipinski definition) is 0. The van der Waals surface area contributed by atoms with Crippen molar-refractivity contribution in [2.45, 2.75) is 20.3 Å². The van der Waals surface area contributed by atoms with Gasteiger partial charge in [0.1, 0.15) is 11.6 Å². The van der Waals surface area contributed by atoms with Crippen LogP contribution < -0.4 is 0 Å². The van der Waals surface area contributed by atoms with Crippen molar-refractivity contribution in [3.8, 4) is 0 Å². The van der Waals surface area contributed by atoms with E-state index in [2.05, 4.69) is 0 Å². The second kappa shape index (κ2) is 11.8. The highest BCUT2D eigenvalue weighted by molar-refractivity contribution is 5.96. The lowest BCUT2D eigenvalue weighted by molar-refractivity contribution is -0.124. The maximum absolute atomic E-state index is 10.0. The average Bonchev–Trinajstić information content (AvgIpc) is 1.27. The zero-order valence-corrected chi connectivity index (χ0v) is 5.52. The molecule has 0 heterocycles. The Morgan fingerprint density at radius 2 is 1.20 bits per heavy atom. The number of ketones is 2. The fraction of sp³-hybridized carbons (Fsp3) is 0.600. The third kappa shape index (κ3) is 24.4. The van der Waals surface area contributed by atoms with Crippen LogP contribution in [0.4, 0.5) is 0 Å². The Balaban J connectivity index is -0.0000000600. The molecule has 0 aromatic carbocycles. The van der Waals surface area contributed by atoms with Gasteiger partial charge in [-0.1, -0.05) is 0 Å². The molecule has 0 aliphatic rings. The maximum atomic E-state index is 10.0. The number of carbonyl (C=O) groups is 2. The van der Waals surface area contributed by atoms with E-state index in [1.54, 1.807) is 0 Å². The van der Waals surface area contributed by atoms with Gasteiger partial charge in [-0.3, -0.25) is 9.59 Å². The average molecular weight is 162 g/mol. The van der Waals surface area contributed by atoms with Crippen LogP contribution in [0.5, 0.6) is 0 Å². The number of Topliss-reactive ketones (excluding diaryl/α,β-unsaturated/α-hetero) is 2. The number of hydrogen-bond acceptors (Lipinski definition) is 2. The third-order valence-electron chi connectivity index (χ3n) is 0.498. The Bertz CT molecular complexity index is 89.8. The van der Waals surface area contributed by atoms with E-state index in [1.807, 2.05) is 0 Å². The zero-order valence-electron chi connectivity index (χ0n) is 5.52. The molecule has 0 bridgehead atoms. The first-order valence-electron chi connectivity index (χ1n) is 2.12. The number of carbonyl (C=O) groups excluding carboxylic acids is 2. The van der Waals surface area contributed by atoms with Crippen molar-refractivity contribution in [3.05, 3.63) is 0 Å². The predicted octanol–water partition coefficient (Wildman–Crippen LogP) is -2.01. The first kappa shape index (κ1) is 22.5. The molecule has 0 saturated carbocycles. The van der Waals surface area contributed by atoms with E-state index in [0.29, 0.717) is 0 Å². The van der Waals surface area contributed by atoms with Crippen LogP contribution in [0.1, 0.15) is 20.3 Å². The summed E-state index contributed by atoms with van der Waals surface area (Å²) >= 11 is 0. The van der Waals surface area contributed by atoms with Crippen LogP contribution in [-0.4, -0.2) is 45.6 Å². The summed E-state index contributed by atoms with van der Waals surface area (Å²) in [6.07, 6.45) is 0.0833. The molecule has 0 rings (SSSR count). The highest BCUT2D eigenvalue weighted by Gasteiger charge is 1.94. The van der Waals surface area contributed by atoms with Gasteiger partial charge in [-0.15, -0.1) is 0 Å². The van der Waals surface area contributed by atoms with Gasteiger partial charge in [-0.25, -0.2) is 0 Å². The van der Waals surface area contributed by atoms with Crippen LogP contribution in [-0.2, 0) is 9.59 Å². The van der Waals surface area contributed by atoms with Crippen molar-refractivity contribution in [2.75, 3.05) is 0 Å². The molecular weight excluding hydrogens is 148 g/mol. The van der Waals surface area contributed by atoms with Gasteiger partial charge in [0.2, 0.25) is 0 Å². The smallest absolute Gasteiger partial charge is 0.316 e. The summed E-state index contributed by atoms with van der Waals surface area (Å²) in [6.45, 7) is 2.81. The molecular formula is C5H14MgO4. The predicted molar refractivity (Wildman–Crippen MR) is 41.8 cm³/mol. The molecule has 0 saturated heterocycles. The van der Waals surface area contributed by atoms with Gasteiger partial charge in [-0.05, 0) is 13.8 Å². The van der Waals surface area contributed by atoms with Crippen molar-refractivity contribution in [1.82, 2.24) is 0 Å². The SMILES string of the molecule is CC(=O)CC(C)=O.O.O.[MgH2]. The minimum atomic E-state index is -0.0625. The fourth-order valence-electron chi connectivity index (χ4n) is 0.351. The molecule has 4 N–H and O–H groups in total. The van der Waals surface area contributed by atoms with Crippen LogP contribution in [0.15, 0.2) is 0 Å². The third-order valence-corrected chi connectivity index (χ3v) is 0.498. The van der Waals surface area contributed by atoms with E-state index in [9.17, 15) is 9.59 Å². The van der Waals surface area contributed by atoms with E-state index in [-0.39, 0.29) is 52.0 Å². The first-order chi connectivity index (χ1) is 3.13. The molecule has 0 spiro atoms. The monoisotopic (exact) mass is 162 g/mol. The minimum Gasteiger partial charge on any atom is -0.412 e. The lowest BCUT2D eigenvalue weighted by atomic mass is 10.2. The summed E-state index contributed by atoms with van der Waals surface area (Å²) in [5.74, 6) is -0.125. The molecule has 10 heavy (non-hydrogen) atoms. The van der Waals surface area contributed by atoms with Gasteiger partial charge in [0.25, 0.3) is 0 Å². The molecule has 0 aromatic heterocycles. The molecule has 0 atom stereocenters. The summed E-state index contributed by atoms with van der Waals surface area (Å²) in [5.41, 5.74) is 0. The van der Waals surface area contributed by atoms with Crippen molar-refractivity contribution in [1.29, 1.82) is 0 Å². The second-order valence-corrected chi connectivity index (χ2v) is 1.58. The molecule has 0 aliphatic heterocycles.